The molecule has 1 N–H and O–H groups in total. The third kappa shape index (κ3) is 4.88. The van der Waals surface area contributed by atoms with Crippen LogP contribution in [-0.4, -0.2) is 53.0 Å². The average Bonchev–Trinajstić information content (AvgIpc) is 3.28. The molecule has 9 heteroatoms. The predicted octanol–water partition coefficient (Wildman–Crippen LogP) is 3.32. The Morgan fingerprint density at radius 2 is 1.97 bits per heavy atom. The molecule has 3 heterocycles. The second-order valence-electron chi connectivity index (χ2n) is 7.45. The molecule has 32 heavy (non-hydrogen) atoms. The minimum absolute atomic E-state index is 0.0186. The van der Waals surface area contributed by atoms with E-state index in [1.54, 1.807) is 60.9 Å². The van der Waals surface area contributed by atoms with Gasteiger partial charge in [-0.15, -0.1) is 0 Å². The fourth-order valence-electron chi connectivity index (χ4n) is 3.57. The minimum atomic E-state index is -0.319. The number of aromatic nitrogens is 2. The number of likely N-dealkylation sites (tertiary alicyclic amines) is 1. The molecule has 1 fully saturated rings. The lowest BCUT2D eigenvalue weighted by Crippen LogP contribution is -2.41. The minimum Gasteiger partial charge on any atom is -0.497 e. The lowest BCUT2D eigenvalue weighted by molar-refractivity contribution is 0.0559. The molecule has 166 valence electrons. The first-order chi connectivity index (χ1) is 15.5. The summed E-state index contributed by atoms with van der Waals surface area (Å²) in [7, 11) is 1.57. The van der Waals surface area contributed by atoms with Gasteiger partial charge >= 0.3 is 0 Å². The van der Waals surface area contributed by atoms with Gasteiger partial charge in [0, 0.05) is 50.0 Å². The van der Waals surface area contributed by atoms with E-state index in [1.165, 1.54) is 0 Å². The van der Waals surface area contributed by atoms with Crippen molar-refractivity contribution < 1.29 is 23.5 Å². The van der Waals surface area contributed by atoms with Crippen molar-refractivity contribution in [2.75, 3.05) is 25.5 Å². The van der Waals surface area contributed by atoms with Crippen LogP contribution in [-0.2, 0) is 0 Å². The number of carbonyl (C=O) groups is 2. The molecule has 2 amide bonds. The van der Waals surface area contributed by atoms with Gasteiger partial charge in [-0.05, 0) is 36.8 Å². The Balaban J connectivity index is 1.32. The third-order valence-electron chi connectivity index (χ3n) is 5.29. The number of methoxy groups -OCH3 is 1. The average molecular weight is 436 g/mol. The number of benzene rings is 1. The van der Waals surface area contributed by atoms with Crippen LogP contribution in [0.15, 0.2) is 53.3 Å². The van der Waals surface area contributed by atoms with E-state index in [2.05, 4.69) is 15.3 Å². The summed E-state index contributed by atoms with van der Waals surface area (Å²) in [6.07, 6.45) is 6.09. The van der Waals surface area contributed by atoms with Crippen LogP contribution in [0.1, 0.15) is 39.3 Å². The van der Waals surface area contributed by atoms with E-state index in [-0.39, 0.29) is 29.6 Å². The third-order valence-corrected chi connectivity index (χ3v) is 5.29. The van der Waals surface area contributed by atoms with Gasteiger partial charge in [-0.3, -0.25) is 19.9 Å². The van der Waals surface area contributed by atoms with Crippen molar-refractivity contribution in [3.63, 3.8) is 0 Å². The fourth-order valence-corrected chi connectivity index (χ4v) is 3.57. The van der Waals surface area contributed by atoms with Crippen molar-refractivity contribution in [1.29, 1.82) is 0 Å². The first-order valence-electron chi connectivity index (χ1n) is 10.3. The topological polar surface area (TPSA) is 107 Å². The van der Waals surface area contributed by atoms with Crippen molar-refractivity contribution in [2.24, 2.45) is 0 Å². The summed E-state index contributed by atoms with van der Waals surface area (Å²) in [4.78, 5) is 35.2. The van der Waals surface area contributed by atoms with Gasteiger partial charge in [-0.2, -0.15) is 0 Å². The monoisotopic (exact) mass is 436 g/mol. The lowest BCUT2D eigenvalue weighted by Gasteiger charge is -2.31. The molecule has 0 saturated carbocycles. The van der Waals surface area contributed by atoms with Crippen molar-refractivity contribution in [1.82, 2.24) is 14.9 Å². The zero-order valence-electron chi connectivity index (χ0n) is 17.9. The molecule has 0 aliphatic carbocycles. The van der Waals surface area contributed by atoms with Gasteiger partial charge < -0.3 is 18.8 Å². The summed E-state index contributed by atoms with van der Waals surface area (Å²) in [6.45, 7) is 2.90. The van der Waals surface area contributed by atoms with Crippen LogP contribution >= 0.6 is 0 Å². The van der Waals surface area contributed by atoms with E-state index in [0.29, 0.717) is 43.1 Å². The van der Waals surface area contributed by atoms with Gasteiger partial charge in [0.05, 0.1) is 13.3 Å². The van der Waals surface area contributed by atoms with Crippen LogP contribution in [0.3, 0.4) is 0 Å². The van der Waals surface area contributed by atoms with Crippen LogP contribution < -0.4 is 14.8 Å². The Bertz CT molecular complexity index is 1090. The van der Waals surface area contributed by atoms with Crippen molar-refractivity contribution in [2.45, 2.75) is 25.9 Å². The van der Waals surface area contributed by atoms with E-state index in [0.717, 1.165) is 5.56 Å². The molecular weight excluding hydrogens is 412 g/mol. The molecular formula is C23H24N4O5. The van der Waals surface area contributed by atoms with Gasteiger partial charge in [-0.1, -0.05) is 0 Å². The summed E-state index contributed by atoms with van der Waals surface area (Å²) in [6, 6.07) is 8.33. The molecule has 1 aliphatic rings. The number of rotatable bonds is 6. The predicted molar refractivity (Wildman–Crippen MR) is 116 cm³/mol. The summed E-state index contributed by atoms with van der Waals surface area (Å²) >= 11 is 0. The number of anilines is 1. The highest BCUT2D eigenvalue weighted by Gasteiger charge is 2.27. The van der Waals surface area contributed by atoms with Gasteiger partial charge in [0.25, 0.3) is 11.8 Å². The highest BCUT2D eigenvalue weighted by Crippen LogP contribution is 2.22. The summed E-state index contributed by atoms with van der Waals surface area (Å²) < 4.78 is 16.6. The lowest BCUT2D eigenvalue weighted by atomic mass is 10.1. The van der Waals surface area contributed by atoms with E-state index in [9.17, 15) is 9.59 Å². The van der Waals surface area contributed by atoms with Crippen LogP contribution in [0.5, 0.6) is 11.6 Å². The first-order valence-corrected chi connectivity index (χ1v) is 10.3. The number of nitrogens with zero attached hydrogens (tertiary/aromatic N) is 3. The number of ether oxygens (including phenoxy) is 2. The van der Waals surface area contributed by atoms with E-state index >= 15 is 0 Å². The number of hydrogen-bond donors (Lipinski definition) is 1. The highest BCUT2D eigenvalue weighted by molar-refractivity contribution is 6.05. The van der Waals surface area contributed by atoms with Crippen LogP contribution in [0.2, 0.25) is 0 Å². The van der Waals surface area contributed by atoms with Gasteiger partial charge in [0.2, 0.25) is 11.8 Å². The number of hydrogen-bond acceptors (Lipinski definition) is 7. The second kappa shape index (κ2) is 9.51. The van der Waals surface area contributed by atoms with Crippen LogP contribution in [0, 0.1) is 6.92 Å². The highest BCUT2D eigenvalue weighted by atomic mass is 16.5. The molecule has 1 aliphatic heterocycles. The molecule has 1 saturated heterocycles. The van der Waals surface area contributed by atoms with Crippen LogP contribution in [0.25, 0.3) is 0 Å². The van der Waals surface area contributed by atoms with Gasteiger partial charge in [0.1, 0.15) is 11.9 Å². The van der Waals surface area contributed by atoms with E-state index in [4.69, 9.17) is 13.9 Å². The van der Waals surface area contributed by atoms with Crippen molar-refractivity contribution in [3.8, 4) is 11.6 Å². The maximum Gasteiger partial charge on any atom is 0.289 e. The van der Waals surface area contributed by atoms with Gasteiger partial charge in [-0.25, -0.2) is 4.98 Å². The first kappa shape index (κ1) is 21.4. The summed E-state index contributed by atoms with van der Waals surface area (Å²) in [5.41, 5.74) is 1.27. The number of piperidine rings is 1. The number of nitrogens with one attached hydrogen (secondary N) is 1. The molecule has 0 bridgehead atoms. The zero-order valence-corrected chi connectivity index (χ0v) is 17.9. The van der Waals surface area contributed by atoms with E-state index in [1.807, 2.05) is 6.92 Å². The molecule has 3 aromatic rings. The molecule has 2 aromatic heterocycles. The van der Waals surface area contributed by atoms with Crippen molar-refractivity contribution in [3.05, 3.63) is 65.8 Å². The fraction of sp³-hybridized carbons (Fsp3) is 0.304. The number of furan rings is 1. The Kier molecular flexibility index (Phi) is 6.34. The molecule has 0 spiro atoms. The van der Waals surface area contributed by atoms with Crippen molar-refractivity contribution >= 4 is 17.7 Å². The molecule has 1 aromatic carbocycles. The molecule has 4 rings (SSSR count). The molecule has 0 unspecified atom stereocenters. The second-order valence-corrected chi connectivity index (χ2v) is 7.45. The Morgan fingerprint density at radius 1 is 1.16 bits per heavy atom. The number of aryl methyl sites for hydroxylation is 1. The summed E-state index contributed by atoms with van der Waals surface area (Å²) in [5.74, 6) is 1.02. The Hall–Kier alpha value is -3.88. The number of amides is 2. The van der Waals surface area contributed by atoms with E-state index < -0.39 is 0 Å². The SMILES string of the molecule is COc1ccc(C(=O)Nc2ccc(C(=O)N3CCC(Oc4cnccn4)CC3)o2)c(C)c1. The van der Waals surface area contributed by atoms with Crippen LogP contribution in [0.4, 0.5) is 5.88 Å². The maximum atomic E-state index is 12.8. The molecule has 9 nitrogen and oxygen atoms in total. The summed E-state index contributed by atoms with van der Waals surface area (Å²) in [5, 5.41) is 2.70. The smallest absolute Gasteiger partial charge is 0.289 e. The maximum absolute atomic E-state index is 12.8. The molecule has 0 radical (unpaired) electrons. The molecule has 0 atom stereocenters. The van der Waals surface area contributed by atoms with Gasteiger partial charge in [0.15, 0.2) is 5.76 Å². The number of carbonyl (C=O) groups excluding carboxylic acids is 2. The normalized spacial score (nSPS) is 14.1. The quantitative estimate of drug-likeness (QED) is 0.632. The largest absolute Gasteiger partial charge is 0.497 e. The Labute approximate surface area is 185 Å². The standard InChI is InChI=1S/C23H24N4O5/c1-15-13-17(30-2)3-4-18(15)22(28)26-20-6-5-19(32-20)23(29)27-11-7-16(8-12-27)31-21-14-24-9-10-25-21/h3-6,9-10,13-14,16H,7-8,11-12H2,1-2H3,(H,26,28). The Morgan fingerprint density at radius 3 is 2.66 bits per heavy atom. The zero-order chi connectivity index (χ0) is 22.5.